The molecule has 0 amide bonds. The molecule has 0 bridgehead atoms. The molecule has 3 nitrogen and oxygen atoms in total. The van der Waals surface area contributed by atoms with E-state index in [0.717, 1.165) is 27.4 Å². The minimum absolute atomic E-state index is 0.112. The van der Waals surface area contributed by atoms with E-state index >= 15 is 0 Å². The molecule has 1 N–H and O–H groups in total. The third-order valence-corrected chi connectivity index (χ3v) is 5.92. The molecule has 0 unspecified atom stereocenters. The molecule has 0 aliphatic rings. The summed E-state index contributed by atoms with van der Waals surface area (Å²) in [6.45, 7) is 8.00. The molecule has 0 saturated heterocycles. The number of aryl methyl sites for hydroxylation is 4. The van der Waals surface area contributed by atoms with Gasteiger partial charge in [0.1, 0.15) is 23.1 Å². The number of nitrogens with one attached hydrogen (secondary N) is 1. The van der Waals surface area contributed by atoms with Crippen LogP contribution in [0, 0.1) is 39.3 Å². The molecule has 0 aliphatic heterocycles. The van der Waals surface area contributed by atoms with E-state index in [1.807, 2.05) is 50.3 Å². The van der Waals surface area contributed by atoms with Gasteiger partial charge in [0, 0.05) is 16.3 Å². The Morgan fingerprint density at radius 2 is 1.52 bits per heavy atom. The molecule has 0 fully saturated rings. The van der Waals surface area contributed by atoms with Gasteiger partial charge in [-0.15, -0.1) is 11.3 Å². The van der Waals surface area contributed by atoms with E-state index in [1.165, 1.54) is 29.5 Å². The first-order valence-corrected chi connectivity index (χ1v) is 9.46. The van der Waals surface area contributed by atoms with Gasteiger partial charge in [0.2, 0.25) is 0 Å². The number of para-hydroxylation sites is 1. The first-order chi connectivity index (χ1) is 12.9. The van der Waals surface area contributed by atoms with Crippen molar-refractivity contribution in [1.82, 2.24) is 9.38 Å². The summed E-state index contributed by atoms with van der Waals surface area (Å²) in [7, 11) is 0. The van der Waals surface area contributed by atoms with Crippen LogP contribution in [0.25, 0.3) is 16.2 Å². The fourth-order valence-corrected chi connectivity index (χ4v) is 4.26. The van der Waals surface area contributed by atoms with Crippen molar-refractivity contribution in [2.24, 2.45) is 0 Å². The van der Waals surface area contributed by atoms with E-state index in [9.17, 15) is 8.78 Å². The van der Waals surface area contributed by atoms with Crippen LogP contribution in [0.2, 0.25) is 0 Å². The lowest BCUT2D eigenvalue weighted by Gasteiger charge is -2.14. The molecule has 2 heterocycles. The fraction of sp³-hybridized carbons (Fsp3) is 0.190. The summed E-state index contributed by atoms with van der Waals surface area (Å²) in [5, 5.41) is 3.41. The Kier molecular flexibility index (Phi) is 4.23. The quantitative estimate of drug-likeness (QED) is 0.449. The molecule has 0 atom stereocenters. The average molecular weight is 383 g/mol. The van der Waals surface area contributed by atoms with Gasteiger partial charge in [-0.25, -0.2) is 13.8 Å². The minimum atomic E-state index is -0.625. The van der Waals surface area contributed by atoms with Crippen LogP contribution in [-0.4, -0.2) is 9.38 Å². The van der Waals surface area contributed by atoms with E-state index in [0.29, 0.717) is 10.8 Å². The average Bonchev–Trinajstić information content (AvgIpc) is 3.08. The fourth-order valence-electron chi connectivity index (χ4n) is 3.29. The predicted molar refractivity (Wildman–Crippen MR) is 107 cm³/mol. The summed E-state index contributed by atoms with van der Waals surface area (Å²) in [6.07, 6.45) is 0. The number of imidazole rings is 1. The molecule has 0 saturated carbocycles. The Labute approximate surface area is 160 Å². The van der Waals surface area contributed by atoms with Crippen molar-refractivity contribution in [2.75, 3.05) is 5.32 Å². The van der Waals surface area contributed by atoms with Crippen molar-refractivity contribution in [1.29, 1.82) is 0 Å². The highest BCUT2D eigenvalue weighted by molar-refractivity contribution is 7.17. The van der Waals surface area contributed by atoms with Crippen LogP contribution < -0.4 is 5.32 Å². The number of rotatable bonds is 3. The van der Waals surface area contributed by atoms with Crippen molar-refractivity contribution in [3.63, 3.8) is 0 Å². The first kappa shape index (κ1) is 17.7. The van der Waals surface area contributed by atoms with Gasteiger partial charge in [0.25, 0.3) is 0 Å². The molecule has 4 aromatic rings. The predicted octanol–water partition coefficient (Wildman–Crippen LogP) is 6.32. The zero-order valence-electron chi connectivity index (χ0n) is 15.5. The zero-order valence-corrected chi connectivity index (χ0v) is 16.3. The highest BCUT2D eigenvalue weighted by Crippen LogP contribution is 2.38. The Bertz CT molecular complexity index is 1130. The second kappa shape index (κ2) is 6.46. The van der Waals surface area contributed by atoms with Crippen LogP contribution in [0.1, 0.15) is 21.7 Å². The summed E-state index contributed by atoms with van der Waals surface area (Å²) >= 11 is 1.51. The van der Waals surface area contributed by atoms with Crippen LogP contribution in [0.5, 0.6) is 0 Å². The van der Waals surface area contributed by atoms with Gasteiger partial charge >= 0.3 is 0 Å². The summed E-state index contributed by atoms with van der Waals surface area (Å²) in [5.74, 6) is -0.674. The van der Waals surface area contributed by atoms with E-state index in [1.54, 1.807) is 0 Å². The molecule has 0 spiro atoms. The number of hydrogen-bond donors (Lipinski definition) is 1. The van der Waals surface area contributed by atoms with Crippen LogP contribution in [0.15, 0.2) is 36.4 Å². The Hall–Kier alpha value is -2.73. The van der Waals surface area contributed by atoms with Gasteiger partial charge < -0.3 is 5.32 Å². The molecule has 138 valence electrons. The van der Waals surface area contributed by atoms with Gasteiger partial charge in [0.05, 0.1) is 5.56 Å². The summed E-state index contributed by atoms with van der Waals surface area (Å²) in [5.41, 5.74) is 4.19. The third-order valence-electron chi connectivity index (χ3n) is 4.86. The lowest BCUT2D eigenvalue weighted by molar-refractivity contribution is 0.589. The number of anilines is 2. The molecule has 0 aliphatic carbocycles. The highest BCUT2D eigenvalue weighted by atomic mass is 32.1. The van der Waals surface area contributed by atoms with Crippen molar-refractivity contribution in [3.05, 3.63) is 69.7 Å². The monoisotopic (exact) mass is 383 g/mol. The smallest absolute Gasteiger partial charge is 0.196 e. The Morgan fingerprint density at radius 1 is 0.926 bits per heavy atom. The number of aromatic nitrogens is 2. The van der Waals surface area contributed by atoms with E-state index < -0.39 is 11.6 Å². The molecule has 4 rings (SSSR count). The second-order valence-corrected chi connectivity index (χ2v) is 7.84. The van der Waals surface area contributed by atoms with E-state index in [-0.39, 0.29) is 11.3 Å². The maximum absolute atomic E-state index is 14.5. The van der Waals surface area contributed by atoms with Gasteiger partial charge in [0.15, 0.2) is 4.96 Å². The maximum Gasteiger partial charge on any atom is 0.196 e. The number of halogens is 2. The molecule has 2 aromatic carbocycles. The molecule has 0 radical (unpaired) electrons. The highest BCUT2D eigenvalue weighted by Gasteiger charge is 2.24. The van der Waals surface area contributed by atoms with Crippen molar-refractivity contribution < 1.29 is 8.78 Å². The number of fused-ring (bicyclic) bond motifs is 1. The number of thiazole rings is 1. The van der Waals surface area contributed by atoms with Crippen LogP contribution >= 0.6 is 11.3 Å². The summed E-state index contributed by atoms with van der Waals surface area (Å²) in [6, 6.07) is 9.87. The Morgan fingerprint density at radius 3 is 2.15 bits per heavy atom. The van der Waals surface area contributed by atoms with Gasteiger partial charge in [-0.3, -0.25) is 4.40 Å². The molecular weight excluding hydrogens is 364 g/mol. The molecule has 2 aromatic heterocycles. The molecule has 6 heteroatoms. The van der Waals surface area contributed by atoms with Gasteiger partial charge in [-0.05, 0) is 51.0 Å². The number of hydrogen-bond acceptors (Lipinski definition) is 3. The van der Waals surface area contributed by atoms with Crippen LogP contribution in [0.3, 0.4) is 0 Å². The van der Waals surface area contributed by atoms with Crippen molar-refractivity contribution >= 4 is 27.8 Å². The third kappa shape index (κ3) is 2.80. The van der Waals surface area contributed by atoms with Crippen LogP contribution in [0.4, 0.5) is 20.3 Å². The minimum Gasteiger partial charge on any atom is -0.339 e. The number of benzene rings is 2. The second-order valence-electron chi connectivity index (χ2n) is 6.66. The van der Waals surface area contributed by atoms with Gasteiger partial charge in [-0.1, -0.05) is 24.3 Å². The van der Waals surface area contributed by atoms with Crippen molar-refractivity contribution in [2.45, 2.75) is 27.7 Å². The standard InChI is InChI=1S/C21H19F2N3S/c1-11-7-5-8-12(2)18(11)24-20-19(17-15(22)9-6-10-16(17)23)25-21-26(20)13(3)14(4)27-21/h5-10,24H,1-4H3. The topological polar surface area (TPSA) is 29.3 Å². The largest absolute Gasteiger partial charge is 0.339 e. The zero-order chi connectivity index (χ0) is 19.3. The first-order valence-electron chi connectivity index (χ1n) is 8.64. The normalized spacial score (nSPS) is 11.3. The lowest BCUT2D eigenvalue weighted by Crippen LogP contribution is -2.02. The van der Waals surface area contributed by atoms with Crippen LogP contribution in [-0.2, 0) is 0 Å². The summed E-state index contributed by atoms with van der Waals surface area (Å²) in [4.78, 5) is 6.40. The van der Waals surface area contributed by atoms with Gasteiger partial charge in [-0.2, -0.15) is 0 Å². The van der Waals surface area contributed by atoms with E-state index in [4.69, 9.17) is 0 Å². The van der Waals surface area contributed by atoms with Crippen molar-refractivity contribution in [3.8, 4) is 11.3 Å². The number of nitrogens with zero attached hydrogens (tertiary/aromatic N) is 2. The SMILES string of the molecule is Cc1cccc(C)c1Nc1c(-c2c(F)cccc2F)nc2sc(C)c(C)n12. The molecule has 27 heavy (non-hydrogen) atoms. The molecular formula is C21H19F2N3S. The summed E-state index contributed by atoms with van der Waals surface area (Å²) < 4.78 is 31.0. The Balaban J connectivity index is 2.02. The van der Waals surface area contributed by atoms with E-state index in [2.05, 4.69) is 10.3 Å². The lowest BCUT2D eigenvalue weighted by atomic mass is 10.1. The maximum atomic E-state index is 14.5.